The van der Waals surface area contributed by atoms with E-state index in [-0.39, 0.29) is 38.9 Å². The zero-order chi connectivity index (χ0) is 14.1. The summed E-state index contributed by atoms with van der Waals surface area (Å²) in [6.45, 7) is 2.92. The summed E-state index contributed by atoms with van der Waals surface area (Å²) in [5.74, 6) is -1.09. The summed E-state index contributed by atoms with van der Waals surface area (Å²) in [6, 6.07) is -0.691. The third-order valence-corrected chi connectivity index (χ3v) is 2.68. The molecule has 0 radical (unpaired) electrons. The number of aliphatic carboxylic acids is 1. The van der Waals surface area contributed by atoms with E-state index >= 15 is 0 Å². The van der Waals surface area contributed by atoms with Crippen LogP contribution in [0.2, 0.25) is 0 Å². The zero-order valence-corrected chi connectivity index (χ0v) is 10.9. The molecule has 7 heteroatoms. The lowest BCUT2D eigenvalue weighted by Gasteiger charge is -2.32. The van der Waals surface area contributed by atoms with Gasteiger partial charge in [0, 0.05) is 19.1 Å². The van der Waals surface area contributed by atoms with Crippen molar-refractivity contribution < 1.29 is 24.9 Å². The van der Waals surface area contributed by atoms with Crippen molar-refractivity contribution in [1.29, 1.82) is 0 Å². The number of nitrogens with zero attached hydrogens (tertiary/aromatic N) is 2. The van der Waals surface area contributed by atoms with E-state index in [0.29, 0.717) is 6.42 Å². The van der Waals surface area contributed by atoms with Crippen LogP contribution in [-0.4, -0.2) is 76.0 Å². The van der Waals surface area contributed by atoms with Gasteiger partial charge in [0.25, 0.3) is 0 Å². The van der Waals surface area contributed by atoms with Gasteiger partial charge < -0.3 is 25.1 Å². The van der Waals surface area contributed by atoms with Crippen molar-refractivity contribution in [2.75, 3.05) is 32.8 Å². The maximum Gasteiger partial charge on any atom is 0.323 e. The molecule has 0 aliphatic heterocycles. The number of aliphatic hydroxyl groups is 2. The standard InChI is InChI=1S/C11H22N2O5/c1-3-9(2)13(8-10(16)17)11(18)12(4-6-14)5-7-15/h9,14-15H,3-8H2,1-2H3,(H,16,17). The van der Waals surface area contributed by atoms with E-state index in [2.05, 4.69) is 0 Å². The number of urea groups is 1. The van der Waals surface area contributed by atoms with Crippen molar-refractivity contribution in [2.24, 2.45) is 0 Å². The lowest BCUT2D eigenvalue weighted by Crippen LogP contribution is -2.50. The summed E-state index contributed by atoms with van der Waals surface area (Å²) in [4.78, 5) is 25.4. The Morgan fingerprint density at radius 2 is 1.67 bits per heavy atom. The molecule has 1 unspecified atom stereocenters. The number of hydrogen-bond acceptors (Lipinski definition) is 4. The summed E-state index contributed by atoms with van der Waals surface area (Å²) in [7, 11) is 0. The summed E-state index contributed by atoms with van der Waals surface area (Å²) < 4.78 is 0. The Kier molecular flexibility index (Phi) is 8.06. The molecule has 7 nitrogen and oxygen atoms in total. The molecule has 18 heavy (non-hydrogen) atoms. The van der Waals surface area contributed by atoms with Gasteiger partial charge in [-0.2, -0.15) is 0 Å². The highest BCUT2D eigenvalue weighted by Crippen LogP contribution is 2.08. The second-order valence-electron chi connectivity index (χ2n) is 4.00. The topological polar surface area (TPSA) is 101 Å². The Morgan fingerprint density at radius 3 is 2.00 bits per heavy atom. The molecule has 0 aliphatic carbocycles. The Labute approximate surface area is 107 Å². The first-order valence-electron chi connectivity index (χ1n) is 5.96. The first-order valence-corrected chi connectivity index (χ1v) is 5.96. The Bertz CT molecular complexity index is 266. The smallest absolute Gasteiger partial charge is 0.323 e. The van der Waals surface area contributed by atoms with E-state index < -0.39 is 12.0 Å². The van der Waals surface area contributed by atoms with Crippen molar-refractivity contribution in [3.8, 4) is 0 Å². The van der Waals surface area contributed by atoms with Gasteiger partial charge in [-0.25, -0.2) is 4.79 Å². The molecule has 2 amide bonds. The van der Waals surface area contributed by atoms with E-state index in [1.54, 1.807) is 6.92 Å². The second kappa shape index (κ2) is 8.71. The third-order valence-electron chi connectivity index (χ3n) is 2.68. The predicted molar refractivity (Wildman–Crippen MR) is 65.2 cm³/mol. The zero-order valence-electron chi connectivity index (χ0n) is 10.9. The van der Waals surface area contributed by atoms with E-state index in [9.17, 15) is 9.59 Å². The molecule has 0 saturated carbocycles. The third kappa shape index (κ3) is 5.33. The Hall–Kier alpha value is -1.34. The number of hydrogen-bond donors (Lipinski definition) is 3. The highest BCUT2D eigenvalue weighted by atomic mass is 16.4. The fourth-order valence-electron chi connectivity index (χ4n) is 1.50. The lowest BCUT2D eigenvalue weighted by molar-refractivity contribution is -0.138. The number of carboxylic acid groups (broad SMARTS) is 1. The minimum absolute atomic E-state index is 0.0753. The van der Waals surface area contributed by atoms with E-state index in [4.69, 9.17) is 15.3 Å². The Balaban J connectivity index is 4.83. The predicted octanol–water partition coefficient (Wildman–Crippen LogP) is -0.422. The van der Waals surface area contributed by atoms with E-state index in [0.717, 1.165) is 0 Å². The molecule has 0 aromatic rings. The van der Waals surface area contributed by atoms with Gasteiger partial charge in [-0.15, -0.1) is 0 Å². The van der Waals surface area contributed by atoms with Gasteiger partial charge in [0.15, 0.2) is 0 Å². The van der Waals surface area contributed by atoms with Crippen molar-refractivity contribution >= 4 is 12.0 Å². The average Bonchev–Trinajstić information content (AvgIpc) is 2.33. The fourth-order valence-corrected chi connectivity index (χ4v) is 1.50. The molecule has 0 aromatic heterocycles. The van der Waals surface area contributed by atoms with E-state index in [1.807, 2.05) is 6.92 Å². The lowest BCUT2D eigenvalue weighted by atomic mass is 10.2. The first kappa shape index (κ1) is 16.7. The first-order chi connectivity index (χ1) is 8.47. The maximum atomic E-state index is 12.1. The largest absolute Gasteiger partial charge is 0.480 e. The van der Waals surface area contributed by atoms with Crippen LogP contribution in [0, 0.1) is 0 Å². The highest BCUT2D eigenvalue weighted by Gasteiger charge is 2.25. The molecule has 3 N–H and O–H groups in total. The van der Waals surface area contributed by atoms with Gasteiger partial charge in [-0.05, 0) is 13.3 Å². The normalized spacial score (nSPS) is 12.0. The van der Waals surface area contributed by atoms with Crippen LogP contribution < -0.4 is 0 Å². The number of aliphatic hydroxyl groups excluding tert-OH is 2. The molecule has 0 heterocycles. The number of carbonyl (C=O) groups is 2. The van der Waals surface area contributed by atoms with E-state index in [1.165, 1.54) is 9.80 Å². The molecule has 106 valence electrons. The van der Waals surface area contributed by atoms with Crippen LogP contribution in [0.15, 0.2) is 0 Å². The summed E-state index contributed by atoms with van der Waals surface area (Å²) >= 11 is 0. The van der Waals surface area contributed by atoms with Crippen molar-refractivity contribution in [3.63, 3.8) is 0 Å². The molecule has 0 saturated heterocycles. The Morgan fingerprint density at radius 1 is 1.17 bits per heavy atom. The molecule has 0 fully saturated rings. The molecule has 0 aromatic carbocycles. The van der Waals surface area contributed by atoms with Crippen molar-refractivity contribution in [3.05, 3.63) is 0 Å². The number of carbonyl (C=O) groups excluding carboxylic acids is 1. The van der Waals surface area contributed by atoms with Crippen molar-refractivity contribution in [1.82, 2.24) is 9.80 Å². The summed E-state index contributed by atoms with van der Waals surface area (Å²) in [5, 5.41) is 26.5. The number of carboxylic acids is 1. The molecular formula is C11H22N2O5. The van der Waals surface area contributed by atoms with Gasteiger partial charge >= 0.3 is 12.0 Å². The van der Waals surface area contributed by atoms with Gasteiger partial charge in [0.05, 0.1) is 13.2 Å². The van der Waals surface area contributed by atoms with Crippen molar-refractivity contribution in [2.45, 2.75) is 26.3 Å². The molecule has 0 bridgehead atoms. The monoisotopic (exact) mass is 262 g/mol. The average molecular weight is 262 g/mol. The van der Waals surface area contributed by atoms with Gasteiger partial charge in [0.2, 0.25) is 0 Å². The minimum Gasteiger partial charge on any atom is -0.480 e. The van der Waals surface area contributed by atoms with Crippen LogP contribution in [0.4, 0.5) is 4.79 Å². The molecular weight excluding hydrogens is 240 g/mol. The molecule has 0 spiro atoms. The molecule has 0 aliphatic rings. The minimum atomic E-state index is -1.09. The second-order valence-corrected chi connectivity index (χ2v) is 4.00. The highest BCUT2D eigenvalue weighted by molar-refractivity contribution is 5.80. The van der Waals surface area contributed by atoms with Crippen LogP contribution in [-0.2, 0) is 4.79 Å². The fraction of sp³-hybridized carbons (Fsp3) is 0.818. The van der Waals surface area contributed by atoms with Crippen LogP contribution in [0.3, 0.4) is 0 Å². The quantitative estimate of drug-likeness (QED) is 0.551. The van der Waals surface area contributed by atoms with Gasteiger partial charge in [0.1, 0.15) is 6.54 Å². The molecule has 0 rings (SSSR count). The van der Waals surface area contributed by atoms with Crippen LogP contribution in [0.5, 0.6) is 0 Å². The molecule has 1 atom stereocenters. The summed E-state index contributed by atoms with van der Waals surface area (Å²) in [6.07, 6.45) is 0.630. The van der Waals surface area contributed by atoms with Crippen LogP contribution in [0.1, 0.15) is 20.3 Å². The number of rotatable bonds is 8. The maximum absolute atomic E-state index is 12.1. The number of amides is 2. The summed E-state index contributed by atoms with van der Waals surface area (Å²) in [5.41, 5.74) is 0. The van der Waals surface area contributed by atoms with Crippen LogP contribution in [0.25, 0.3) is 0 Å². The van der Waals surface area contributed by atoms with Crippen LogP contribution >= 0.6 is 0 Å². The SMILES string of the molecule is CCC(C)N(CC(=O)O)C(=O)N(CCO)CCO. The van der Waals surface area contributed by atoms with Gasteiger partial charge in [-0.3, -0.25) is 4.79 Å². The van der Waals surface area contributed by atoms with Gasteiger partial charge in [-0.1, -0.05) is 6.92 Å².